The summed E-state index contributed by atoms with van der Waals surface area (Å²) in [5, 5.41) is 0. The van der Waals surface area contributed by atoms with E-state index in [4.69, 9.17) is 4.74 Å². The Morgan fingerprint density at radius 3 is 2.67 bits per heavy atom. The van der Waals surface area contributed by atoms with Gasteiger partial charge in [-0.1, -0.05) is 0 Å². The molecule has 0 aliphatic heterocycles. The molecular formula is C10H15IN2O2. The third kappa shape index (κ3) is 2.70. The molecule has 1 aromatic heterocycles. The van der Waals surface area contributed by atoms with Gasteiger partial charge in [-0.2, -0.15) is 0 Å². The molecule has 0 aliphatic carbocycles. The molecule has 1 rings (SSSR count). The van der Waals surface area contributed by atoms with E-state index < -0.39 is 0 Å². The first-order chi connectivity index (χ1) is 6.88. The maximum absolute atomic E-state index is 11.7. The maximum Gasteiger partial charge on any atom is 0.357 e. The van der Waals surface area contributed by atoms with Gasteiger partial charge in [-0.15, -0.1) is 0 Å². The van der Waals surface area contributed by atoms with E-state index in [1.165, 1.54) is 0 Å². The van der Waals surface area contributed by atoms with Crippen LogP contribution in [0.25, 0.3) is 0 Å². The zero-order valence-electron chi connectivity index (χ0n) is 9.37. The van der Waals surface area contributed by atoms with Gasteiger partial charge in [0.1, 0.15) is 3.70 Å². The highest BCUT2D eigenvalue weighted by atomic mass is 127. The second-order valence-electron chi connectivity index (χ2n) is 4.15. The van der Waals surface area contributed by atoms with Crippen molar-refractivity contribution in [3.05, 3.63) is 15.7 Å². The largest absolute Gasteiger partial charge is 0.461 e. The third-order valence-electron chi connectivity index (χ3n) is 1.91. The Hall–Kier alpha value is -0.590. The summed E-state index contributed by atoms with van der Waals surface area (Å²) in [5.74, 6) is -0.311. The van der Waals surface area contributed by atoms with E-state index >= 15 is 0 Å². The molecule has 0 saturated heterocycles. The summed E-state index contributed by atoms with van der Waals surface area (Å²) in [5.41, 5.74) is 0.364. The van der Waals surface area contributed by atoms with Crippen LogP contribution in [0.5, 0.6) is 0 Å². The highest BCUT2D eigenvalue weighted by molar-refractivity contribution is 14.1. The van der Waals surface area contributed by atoms with Crippen molar-refractivity contribution in [2.24, 2.45) is 0 Å². The minimum atomic E-state index is -0.311. The van der Waals surface area contributed by atoms with Gasteiger partial charge in [0.2, 0.25) is 0 Å². The molecule has 0 amide bonds. The number of aromatic nitrogens is 2. The van der Waals surface area contributed by atoms with Gasteiger partial charge in [0, 0.05) is 5.54 Å². The quantitative estimate of drug-likeness (QED) is 0.620. The zero-order valence-corrected chi connectivity index (χ0v) is 11.5. The molecule has 0 aliphatic rings. The summed E-state index contributed by atoms with van der Waals surface area (Å²) in [6.07, 6.45) is 1.67. The molecule has 0 unspecified atom stereocenters. The normalized spacial score (nSPS) is 11.5. The van der Waals surface area contributed by atoms with Crippen molar-refractivity contribution < 1.29 is 9.53 Å². The van der Waals surface area contributed by atoms with Gasteiger partial charge in [-0.3, -0.25) is 0 Å². The van der Waals surface area contributed by atoms with E-state index in [2.05, 4.69) is 4.98 Å². The Labute approximate surface area is 103 Å². The number of halogens is 1. The van der Waals surface area contributed by atoms with Crippen molar-refractivity contribution in [1.29, 1.82) is 0 Å². The molecule has 0 N–H and O–H groups in total. The second-order valence-corrected chi connectivity index (χ2v) is 5.17. The standard InChI is InChI=1S/C10H15IN2O2/c1-5-15-9(14)7-8(11)12-6-13(7)10(2,3)4/h6H,5H2,1-4H3. The average Bonchev–Trinajstić information content (AvgIpc) is 2.46. The molecule has 0 bridgehead atoms. The number of hydrogen-bond acceptors (Lipinski definition) is 3. The molecule has 4 nitrogen and oxygen atoms in total. The van der Waals surface area contributed by atoms with Crippen LogP contribution in [-0.2, 0) is 10.3 Å². The number of ether oxygens (including phenoxy) is 1. The number of hydrogen-bond donors (Lipinski definition) is 0. The van der Waals surface area contributed by atoms with Gasteiger partial charge in [0.05, 0.1) is 12.9 Å². The molecule has 1 aromatic rings. The summed E-state index contributed by atoms with van der Waals surface area (Å²) in [6.45, 7) is 8.24. The first-order valence-corrected chi connectivity index (χ1v) is 5.86. The van der Waals surface area contributed by atoms with Gasteiger partial charge in [0.25, 0.3) is 0 Å². The molecule has 0 fully saturated rings. The van der Waals surface area contributed by atoms with Crippen molar-refractivity contribution in [2.45, 2.75) is 33.2 Å². The van der Waals surface area contributed by atoms with Crippen molar-refractivity contribution in [2.75, 3.05) is 6.61 Å². The lowest BCUT2D eigenvalue weighted by Gasteiger charge is -2.22. The number of carbonyl (C=O) groups excluding carboxylic acids is 1. The number of esters is 1. The Morgan fingerprint density at radius 1 is 1.60 bits per heavy atom. The molecule has 0 aromatic carbocycles. The van der Waals surface area contributed by atoms with Gasteiger partial charge >= 0.3 is 5.97 Å². The van der Waals surface area contributed by atoms with Crippen LogP contribution >= 0.6 is 22.6 Å². The zero-order chi connectivity index (χ0) is 11.6. The van der Waals surface area contributed by atoms with Crippen LogP contribution < -0.4 is 0 Å². The van der Waals surface area contributed by atoms with Crippen LogP contribution in [-0.4, -0.2) is 22.1 Å². The average molecular weight is 322 g/mol. The van der Waals surface area contributed by atoms with E-state index in [0.717, 1.165) is 0 Å². The summed E-state index contributed by atoms with van der Waals surface area (Å²) >= 11 is 2.04. The van der Waals surface area contributed by atoms with Crippen LogP contribution in [0.3, 0.4) is 0 Å². The van der Waals surface area contributed by atoms with Crippen LogP contribution in [0.4, 0.5) is 0 Å². The highest BCUT2D eigenvalue weighted by Gasteiger charge is 2.24. The topological polar surface area (TPSA) is 44.1 Å². The lowest BCUT2D eigenvalue weighted by molar-refractivity contribution is 0.0505. The summed E-state index contributed by atoms with van der Waals surface area (Å²) in [6, 6.07) is 0. The lowest BCUT2D eigenvalue weighted by Crippen LogP contribution is -2.26. The van der Waals surface area contributed by atoms with E-state index in [-0.39, 0.29) is 11.5 Å². The third-order valence-corrected chi connectivity index (χ3v) is 2.70. The Balaban J connectivity index is 3.16. The van der Waals surface area contributed by atoms with Crippen molar-refractivity contribution >= 4 is 28.6 Å². The highest BCUT2D eigenvalue weighted by Crippen LogP contribution is 2.21. The van der Waals surface area contributed by atoms with Crippen LogP contribution in [0, 0.1) is 3.70 Å². The minimum Gasteiger partial charge on any atom is -0.461 e. The molecule has 84 valence electrons. The van der Waals surface area contributed by atoms with Gasteiger partial charge in [-0.05, 0) is 50.3 Å². The number of carbonyl (C=O) groups is 1. The molecule has 0 atom stereocenters. The lowest BCUT2D eigenvalue weighted by atomic mass is 10.1. The van der Waals surface area contributed by atoms with Crippen LogP contribution in [0.15, 0.2) is 6.33 Å². The Kier molecular flexibility index (Phi) is 3.75. The van der Waals surface area contributed by atoms with Crippen molar-refractivity contribution in [3.63, 3.8) is 0 Å². The van der Waals surface area contributed by atoms with Crippen LogP contribution in [0.1, 0.15) is 38.2 Å². The monoisotopic (exact) mass is 322 g/mol. The molecule has 0 spiro atoms. The van der Waals surface area contributed by atoms with E-state index in [9.17, 15) is 4.79 Å². The Bertz CT molecular complexity index is 366. The van der Waals surface area contributed by atoms with E-state index in [1.54, 1.807) is 13.3 Å². The fourth-order valence-corrected chi connectivity index (χ4v) is 1.82. The SMILES string of the molecule is CCOC(=O)c1c(I)ncn1C(C)(C)C. The molecular weight excluding hydrogens is 307 g/mol. The van der Waals surface area contributed by atoms with Gasteiger partial charge in [0.15, 0.2) is 5.69 Å². The first kappa shape index (κ1) is 12.5. The predicted octanol–water partition coefficient (Wildman–Crippen LogP) is 2.42. The predicted molar refractivity (Wildman–Crippen MR) is 65.9 cm³/mol. The maximum atomic E-state index is 11.7. The van der Waals surface area contributed by atoms with E-state index in [0.29, 0.717) is 16.0 Å². The van der Waals surface area contributed by atoms with E-state index in [1.807, 2.05) is 47.9 Å². The molecule has 5 heteroatoms. The summed E-state index contributed by atoms with van der Waals surface area (Å²) in [4.78, 5) is 15.8. The van der Waals surface area contributed by atoms with Crippen molar-refractivity contribution in [3.8, 4) is 0 Å². The smallest absolute Gasteiger partial charge is 0.357 e. The number of rotatable bonds is 2. The van der Waals surface area contributed by atoms with Crippen LogP contribution in [0.2, 0.25) is 0 Å². The minimum absolute atomic E-state index is 0.168. The molecule has 0 saturated carbocycles. The van der Waals surface area contributed by atoms with Gasteiger partial charge < -0.3 is 9.30 Å². The summed E-state index contributed by atoms with van der Waals surface area (Å²) < 4.78 is 7.52. The first-order valence-electron chi connectivity index (χ1n) is 4.78. The number of imidazole rings is 1. The molecule has 1 heterocycles. The number of nitrogens with zero attached hydrogens (tertiary/aromatic N) is 2. The van der Waals surface area contributed by atoms with Crippen molar-refractivity contribution in [1.82, 2.24) is 9.55 Å². The Morgan fingerprint density at radius 2 is 2.20 bits per heavy atom. The molecule has 0 radical (unpaired) electrons. The summed E-state index contributed by atoms with van der Waals surface area (Å²) in [7, 11) is 0. The second kappa shape index (κ2) is 4.51. The molecule has 15 heavy (non-hydrogen) atoms. The van der Waals surface area contributed by atoms with Gasteiger partial charge in [-0.25, -0.2) is 9.78 Å². The fraction of sp³-hybridized carbons (Fsp3) is 0.600. The fourth-order valence-electron chi connectivity index (χ4n) is 1.22.